The summed E-state index contributed by atoms with van der Waals surface area (Å²) in [5.41, 5.74) is -5.29. The molecule has 0 unspecified atom stereocenters. The van der Waals surface area contributed by atoms with Crippen LogP contribution in [0.15, 0.2) is 54.7 Å². The molecule has 2 atom stereocenters. The third kappa shape index (κ3) is 6.07. The molecule has 0 spiro atoms. The summed E-state index contributed by atoms with van der Waals surface area (Å²) in [5.74, 6) is -1.28. The normalized spacial score (nSPS) is 18.0. The lowest BCUT2D eigenvalue weighted by Crippen LogP contribution is -2.42. The molecule has 2 heterocycles. The van der Waals surface area contributed by atoms with E-state index in [9.17, 15) is 41.4 Å². The molecule has 6 nitrogen and oxygen atoms in total. The minimum absolute atomic E-state index is 0.0123. The van der Waals surface area contributed by atoms with E-state index in [0.29, 0.717) is 12.1 Å². The fourth-order valence-corrected chi connectivity index (χ4v) is 5.07. The Morgan fingerprint density at radius 1 is 0.976 bits per heavy atom. The number of aliphatic hydroxyl groups excluding tert-OH is 2. The highest BCUT2D eigenvalue weighted by atomic mass is 19.4. The number of hydrogen-bond acceptors (Lipinski definition) is 5. The highest BCUT2D eigenvalue weighted by Crippen LogP contribution is 2.41. The topological polar surface area (TPSA) is 76.9 Å². The Kier molecular flexibility index (Phi) is 8.31. The molecule has 0 saturated carbocycles. The maximum atomic E-state index is 15.0. The average Bonchev–Trinajstić information content (AvgIpc) is 3.31. The van der Waals surface area contributed by atoms with Crippen molar-refractivity contribution >= 4 is 17.4 Å². The first-order chi connectivity index (χ1) is 19.4. The van der Waals surface area contributed by atoms with E-state index in [2.05, 4.69) is 4.98 Å². The molecule has 2 aromatic carbocycles. The zero-order valence-electron chi connectivity index (χ0n) is 22.8. The molecule has 1 amide bonds. The highest BCUT2D eigenvalue weighted by molar-refractivity contribution is 6.03. The smallest absolute Gasteiger partial charge is 0.394 e. The number of hydrogen-bond donors (Lipinski definition) is 2. The van der Waals surface area contributed by atoms with Crippen molar-refractivity contribution in [3.63, 3.8) is 0 Å². The summed E-state index contributed by atoms with van der Waals surface area (Å²) in [7, 11) is 1.26. The lowest BCUT2D eigenvalue weighted by atomic mass is 9.81. The van der Waals surface area contributed by atoms with Gasteiger partial charge in [0, 0.05) is 24.7 Å². The van der Waals surface area contributed by atoms with Crippen LogP contribution in [0.3, 0.4) is 0 Å². The maximum Gasteiger partial charge on any atom is 0.416 e. The first-order valence-corrected chi connectivity index (χ1v) is 12.8. The van der Waals surface area contributed by atoms with Gasteiger partial charge in [-0.25, -0.2) is 9.37 Å². The minimum atomic E-state index is -5.10. The van der Waals surface area contributed by atoms with Gasteiger partial charge >= 0.3 is 12.4 Å². The van der Waals surface area contributed by atoms with Crippen molar-refractivity contribution in [1.29, 1.82) is 0 Å². The van der Waals surface area contributed by atoms with Gasteiger partial charge in [0.05, 0.1) is 47.2 Å². The molecule has 0 bridgehead atoms. The number of benzene rings is 2. The third-order valence-electron chi connectivity index (χ3n) is 7.44. The molecule has 0 radical (unpaired) electrons. The Labute approximate surface area is 237 Å². The zero-order chi connectivity index (χ0) is 31.2. The van der Waals surface area contributed by atoms with Crippen LogP contribution in [0.25, 0.3) is 11.1 Å². The summed E-state index contributed by atoms with van der Waals surface area (Å²) in [6.45, 7) is 2.24. The van der Waals surface area contributed by atoms with Crippen LogP contribution in [0.4, 0.5) is 42.2 Å². The molecule has 13 heteroatoms. The zero-order valence-corrected chi connectivity index (χ0v) is 22.8. The predicted octanol–water partition coefficient (Wildman–Crippen LogP) is 5.80. The van der Waals surface area contributed by atoms with Crippen molar-refractivity contribution in [3.8, 4) is 11.1 Å². The molecule has 4 rings (SSSR count). The number of aliphatic hydroxyl groups is 2. The van der Waals surface area contributed by atoms with Gasteiger partial charge < -0.3 is 20.0 Å². The quantitative estimate of drug-likeness (QED) is 0.351. The number of rotatable bonds is 6. The summed E-state index contributed by atoms with van der Waals surface area (Å²) in [6.07, 6.45) is -9.46. The molecule has 1 aliphatic rings. The lowest BCUT2D eigenvalue weighted by Gasteiger charge is -2.32. The average molecular weight is 600 g/mol. The van der Waals surface area contributed by atoms with Crippen LogP contribution in [0.2, 0.25) is 0 Å². The van der Waals surface area contributed by atoms with Crippen molar-refractivity contribution in [3.05, 3.63) is 77.2 Å². The van der Waals surface area contributed by atoms with Crippen LogP contribution < -0.4 is 9.80 Å². The number of carbonyl (C=O) groups is 1. The Bertz CT molecular complexity index is 1440. The monoisotopic (exact) mass is 599 g/mol. The number of nitrogens with zero attached hydrogens (tertiary/aromatic N) is 3. The van der Waals surface area contributed by atoms with Crippen LogP contribution in [-0.2, 0) is 22.6 Å². The second kappa shape index (κ2) is 11.2. The van der Waals surface area contributed by atoms with Crippen LogP contribution in [0, 0.1) is 5.82 Å². The molecule has 1 aromatic heterocycles. The van der Waals surface area contributed by atoms with E-state index in [0.717, 1.165) is 4.90 Å². The molecular formula is C29H28F7N3O3. The van der Waals surface area contributed by atoms with Gasteiger partial charge in [-0.15, -0.1) is 0 Å². The molecule has 2 N–H and O–H groups in total. The number of aromatic nitrogens is 1. The largest absolute Gasteiger partial charge is 0.416 e. The number of β-amino-alcohol motifs (C(OH)–C–C–N with tert-alkyl or cyclic N) is 1. The van der Waals surface area contributed by atoms with Crippen LogP contribution in [0.1, 0.15) is 37.0 Å². The van der Waals surface area contributed by atoms with Crippen molar-refractivity contribution < 1.29 is 45.7 Å². The number of amides is 1. The molecular weight excluding hydrogens is 571 g/mol. The summed E-state index contributed by atoms with van der Waals surface area (Å²) >= 11 is 0. The Morgan fingerprint density at radius 3 is 2.10 bits per heavy atom. The van der Waals surface area contributed by atoms with Gasteiger partial charge in [0.1, 0.15) is 11.6 Å². The number of halogens is 7. The van der Waals surface area contributed by atoms with Gasteiger partial charge in [-0.1, -0.05) is 18.2 Å². The summed E-state index contributed by atoms with van der Waals surface area (Å²) in [5, 5.41) is 19.9. The van der Waals surface area contributed by atoms with Crippen LogP contribution in [-0.4, -0.2) is 53.4 Å². The van der Waals surface area contributed by atoms with Crippen molar-refractivity contribution in [2.24, 2.45) is 0 Å². The molecule has 1 saturated heterocycles. The van der Waals surface area contributed by atoms with E-state index in [1.807, 2.05) is 0 Å². The van der Waals surface area contributed by atoms with Gasteiger partial charge in [-0.05, 0) is 56.2 Å². The lowest BCUT2D eigenvalue weighted by molar-refractivity contribution is -0.143. The Balaban J connectivity index is 1.82. The Hall–Kier alpha value is -3.71. The summed E-state index contributed by atoms with van der Waals surface area (Å²) < 4.78 is 96.2. The van der Waals surface area contributed by atoms with E-state index >= 15 is 4.39 Å². The number of pyridine rings is 1. The third-order valence-corrected chi connectivity index (χ3v) is 7.44. The first kappa shape index (κ1) is 31.2. The number of carbonyl (C=O) groups excluding carboxylic acids is 1. The van der Waals surface area contributed by atoms with E-state index in [4.69, 9.17) is 0 Å². The van der Waals surface area contributed by atoms with E-state index in [-0.39, 0.29) is 48.3 Å². The van der Waals surface area contributed by atoms with Crippen LogP contribution in [0.5, 0.6) is 0 Å². The molecule has 226 valence electrons. The molecule has 3 aromatic rings. The van der Waals surface area contributed by atoms with Gasteiger partial charge in [0.15, 0.2) is 0 Å². The van der Waals surface area contributed by atoms with E-state index < -0.39 is 58.3 Å². The van der Waals surface area contributed by atoms with Gasteiger partial charge in [-0.3, -0.25) is 4.79 Å². The number of anilines is 2. The number of alkyl halides is 6. The Morgan fingerprint density at radius 2 is 1.55 bits per heavy atom. The molecule has 42 heavy (non-hydrogen) atoms. The van der Waals surface area contributed by atoms with E-state index in [1.165, 1.54) is 51.4 Å². The van der Waals surface area contributed by atoms with Gasteiger partial charge in [0.25, 0.3) is 0 Å². The number of likely N-dealkylation sites (N-methyl/N-ethyl adjacent to an activating group) is 1. The fraction of sp³-hybridized carbons (Fsp3) is 0.379. The van der Waals surface area contributed by atoms with Crippen LogP contribution >= 0.6 is 0 Å². The SMILES string of the molecule is CN(C(=O)C(C)(C)c1cc(C(F)(F)F)cc(C(F)(F)F)c1)c1cnc(N2C[C@@H](O)C[C@H]2CO)cc1-c1ccccc1F. The van der Waals surface area contributed by atoms with Gasteiger partial charge in [0.2, 0.25) is 5.91 Å². The summed E-state index contributed by atoms with van der Waals surface area (Å²) in [4.78, 5) is 20.8. The predicted molar refractivity (Wildman–Crippen MR) is 141 cm³/mol. The summed E-state index contributed by atoms with van der Waals surface area (Å²) in [6, 6.07) is 7.60. The highest BCUT2D eigenvalue weighted by Gasteiger charge is 2.41. The molecule has 1 aliphatic heterocycles. The van der Waals surface area contributed by atoms with Crippen molar-refractivity contribution in [2.75, 3.05) is 30.0 Å². The fourth-order valence-electron chi connectivity index (χ4n) is 5.07. The first-order valence-electron chi connectivity index (χ1n) is 12.8. The molecule has 0 aliphatic carbocycles. The van der Waals surface area contributed by atoms with Crippen molar-refractivity contribution in [1.82, 2.24) is 4.98 Å². The van der Waals surface area contributed by atoms with Gasteiger partial charge in [-0.2, -0.15) is 26.3 Å². The molecule has 1 fully saturated rings. The minimum Gasteiger partial charge on any atom is -0.394 e. The standard InChI is InChI=1S/C29H28F7N3O3/c1-27(2,16-8-17(28(31,32)33)10-18(9-16)29(34,35)36)26(42)38(3)24-13-37-25(39-14-20(41)11-19(39)15-40)12-22(24)21-6-4-5-7-23(21)30/h4-10,12-13,19-20,40-41H,11,14-15H2,1-3H3/t19-,20-/m0/s1. The van der Waals surface area contributed by atoms with E-state index in [1.54, 1.807) is 11.0 Å². The second-order valence-electron chi connectivity index (χ2n) is 10.7. The van der Waals surface area contributed by atoms with Crippen molar-refractivity contribution in [2.45, 2.75) is 50.2 Å². The second-order valence-corrected chi connectivity index (χ2v) is 10.7. The maximum absolute atomic E-state index is 15.0.